The number of rotatable bonds is 1. The Bertz CT molecular complexity index is 452. The SMILES string of the molecule is CC1(O)CCN(c2ccc(N)c(C#N)c2)CC1. The standard InChI is InChI=1S/C13H17N3O/c1-13(17)4-6-16(7-5-13)11-2-3-12(15)10(8-11)9-14/h2-3,8,17H,4-7,15H2,1H3. The maximum absolute atomic E-state index is 9.88. The largest absolute Gasteiger partial charge is 0.398 e. The van der Waals surface area contributed by atoms with Crippen LogP contribution < -0.4 is 10.6 Å². The lowest BCUT2D eigenvalue weighted by atomic mass is 9.93. The summed E-state index contributed by atoms with van der Waals surface area (Å²) in [4.78, 5) is 2.18. The third-order valence-electron chi connectivity index (χ3n) is 3.36. The molecule has 4 nitrogen and oxygen atoms in total. The van der Waals surface area contributed by atoms with Gasteiger partial charge in [0.05, 0.1) is 11.2 Å². The minimum Gasteiger partial charge on any atom is -0.398 e. The van der Waals surface area contributed by atoms with Gasteiger partial charge in [0.15, 0.2) is 0 Å². The van der Waals surface area contributed by atoms with Gasteiger partial charge in [-0.2, -0.15) is 5.26 Å². The summed E-state index contributed by atoms with van der Waals surface area (Å²) in [6.07, 6.45) is 1.50. The van der Waals surface area contributed by atoms with Crippen LogP contribution in [0.3, 0.4) is 0 Å². The van der Waals surface area contributed by atoms with Gasteiger partial charge >= 0.3 is 0 Å². The van der Waals surface area contributed by atoms with Crippen LogP contribution in [0.2, 0.25) is 0 Å². The Morgan fingerprint density at radius 1 is 1.41 bits per heavy atom. The van der Waals surface area contributed by atoms with Crippen LogP contribution >= 0.6 is 0 Å². The van der Waals surface area contributed by atoms with E-state index in [4.69, 9.17) is 11.0 Å². The van der Waals surface area contributed by atoms with Crippen molar-refractivity contribution < 1.29 is 5.11 Å². The van der Waals surface area contributed by atoms with E-state index >= 15 is 0 Å². The monoisotopic (exact) mass is 231 g/mol. The van der Waals surface area contributed by atoms with Gasteiger partial charge in [-0.25, -0.2) is 0 Å². The van der Waals surface area contributed by atoms with Crippen molar-refractivity contribution in [3.05, 3.63) is 23.8 Å². The molecule has 0 aromatic heterocycles. The predicted octanol–water partition coefficient (Wildman–Crippen LogP) is 1.49. The fourth-order valence-electron chi connectivity index (χ4n) is 2.08. The van der Waals surface area contributed by atoms with Crippen LogP contribution in [0.5, 0.6) is 0 Å². The van der Waals surface area contributed by atoms with Crippen molar-refractivity contribution in [3.8, 4) is 6.07 Å². The van der Waals surface area contributed by atoms with Crippen LogP contribution in [0, 0.1) is 11.3 Å². The second-order valence-electron chi connectivity index (χ2n) is 4.87. The zero-order valence-corrected chi connectivity index (χ0v) is 9.98. The van der Waals surface area contributed by atoms with Crippen LogP contribution in [0.15, 0.2) is 18.2 Å². The number of nitrogens with zero attached hydrogens (tertiary/aromatic N) is 2. The van der Waals surface area contributed by atoms with E-state index in [0.29, 0.717) is 11.3 Å². The second-order valence-corrected chi connectivity index (χ2v) is 4.87. The van der Waals surface area contributed by atoms with Crippen molar-refractivity contribution in [2.24, 2.45) is 0 Å². The molecule has 1 aliphatic rings. The summed E-state index contributed by atoms with van der Waals surface area (Å²) < 4.78 is 0. The number of nitriles is 1. The van der Waals surface area contributed by atoms with E-state index in [1.165, 1.54) is 0 Å². The van der Waals surface area contributed by atoms with Gasteiger partial charge < -0.3 is 15.7 Å². The molecule has 0 radical (unpaired) electrons. The lowest BCUT2D eigenvalue weighted by molar-refractivity contribution is 0.0351. The minimum atomic E-state index is -0.553. The number of hydrogen-bond donors (Lipinski definition) is 2. The molecule has 0 amide bonds. The summed E-state index contributed by atoms with van der Waals surface area (Å²) >= 11 is 0. The van der Waals surface area contributed by atoms with Crippen molar-refractivity contribution in [1.29, 1.82) is 5.26 Å². The molecule has 0 saturated carbocycles. The average Bonchev–Trinajstić information content (AvgIpc) is 2.30. The topological polar surface area (TPSA) is 73.3 Å². The molecule has 0 atom stereocenters. The highest BCUT2D eigenvalue weighted by molar-refractivity contribution is 5.62. The Kier molecular flexibility index (Phi) is 2.95. The smallest absolute Gasteiger partial charge is 0.101 e. The molecule has 90 valence electrons. The van der Waals surface area contributed by atoms with Gasteiger partial charge in [0.25, 0.3) is 0 Å². The minimum absolute atomic E-state index is 0.514. The molecule has 0 aliphatic carbocycles. The van der Waals surface area contributed by atoms with Gasteiger partial charge in [-0.3, -0.25) is 0 Å². The first-order chi connectivity index (χ1) is 8.02. The Labute approximate surface area is 101 Å². The second kappa shape index (κ2) is 4.27. The van der Waals surface area contributed by atoms with E-state index in [0.717, 1.165) is 31.6 Å². The van der Waals surface area contributed by atoms with Crippen molar-refractivity contribution >= 4 is 11.4 Å². The first kappa shape index (κ1) is 11.7. The first-order valence-corrected chi connectivity index (χ1v) is 5.79. The quantitative estimate of drug-likeness (QED) is 0.718. The number of anilines is 2. The van der Waals surface area contributed by atoms with Gasteiger partial charge in [-0.15, -0.1) is 0 Å². The number of piperidine rings is 1. The summed E-state index contributed by atoms with van der Waals surface area (Å²) in [5, 5.41) is 18.8. The number of benzene rings is 1. The summed E-state index contributed by atoms with van der Waals surface area (Å²) in [6.45, 7) is 3.48. The van der Waals surface area contributed by atoms with Crippen molar-refractivity contribution in [2.75, 3.05) is 23.7 Å². The first-order valence-electron chi connectivity index (χ1n) is 5.79. The number of hydrogen-bond acceptors (Lipinski definition) is 4. The van der Waals surface area contributed by atoms with Crippen molar-refractivity contribution in [3.63, 3.8) is 0 Å². The molecule has 1 saturated heterocycles. The molecule has 4 heteroatoms. The molecule has 0 spiro atoms. The van der Waals surface area contributed by atoms with Crippen LogP contribution in [0.1, 0.15) is 25.3 Å². The lowest BCUT2D eigenvalue weighted by Crippen LogP contribution is -2.42. The number of nitrogen functional groups attached to an aromatic ring is 1. The predicted molar refractivity (Wildman–Crippen MR) is 67.6 cm³/mol. The van der Waals surface area contributed by atoms with E-state index in [-0.39, 0.29) is 0 Å². The maximum atomic E-state index is 9.88. The molecule has 1 aromatic rings. The molecule has 1 aliphatic heterocycles. The molecule has 1 fully saturated rings. The average molecular weight is 231 g/mol. The van der Waals surface area contributed by atoms with Gasteiger partial charge in [0.1, 0.15) is 6.07 Å². The number of nitrogens with two attached hydrogens (primary N) is 1. The summed E-state index contributed by atoms with van der Waals surface area (Å²) in [7, 11) is 0. The van der Waals surface area contributed by atoms with Gasteiger partial charge in [-0.1, -0.05) is 0 Å². The highest BCUT2D eigenvalue weighted by Gasteiger charge is 2.27. The Morgan fingerprint density at radius 2 is 2.06 bits per heavy atom. The Balaban J connectivity index is 2.17. The van der Waals surface area contributed by atoms with Crippen LogP contribution in [-0.4, -0.2) is 23.8 Å². The fourth-order valence-corrected chi connectivity index (χ4v) is 2.08. The molecule has 3 N–H and O–H groups in total. The van der Waals surface area contributed by atoms with Crippen LogP contribution in [-0.2, 0) is 0 Å². The van der Waals surface area contributed by atoms with E-state index in [9.17, 15) is 5.11 Å². The van der Waals surface area contributed by atoms with Crippen LogP contribution in [0.4, 0.5) is 11.4 Å². The highest BCUT2D eigenvalue weighted by atomic mass is 16.3. The van der Waals surface area contributed by atoms with Gasteiger partial charge in [0.2, 0.25) is 0 Å². The maximum Gasteiger partial charge on any atom is 0.101 e. The Hall–Kier alpha value is -1.73. The van der Waals surface area contributed by atoms with E-state index < -0.39 is 5.60 Å². The fraction of sp³-hybridized carbons (Fsp3) is 0.462. The molecule has 2 rings (SSSR count). The normalized spacial score (nSPS) is 18.8. The number of aliphatic hydroxyl groups is 1. The zero-order valence-electron chi connectivity index (χ0n) is 9.98. The molecule has 1 aromatic carbocycles. The molecule has 17 heavy (non-hydrogen) atoms. The molecular formula is C13H17N3O. The van der Waals surface area contributed by atoms with E-state index in [2.05, 4.69) is 11.0 Å². The molecular weight excluding hydrogens is 214 g/mol. The Morgan fingerprint density at radius 3 is 2.65 bits per heavy atom. The molecule has 0 bridgehead atoms. The third-order valence-corrected chi connectivity index (χ3v) is 3.36. The van der Waals surface area contributed by atoms with E-state index in [1.807, 2.05) is 19.1 Å². The molecule has 0 unspecified atom stereocenters. The van der Waals surface area contributed by atoms with Crippen molar-refractivity contribution in [2.45, 2.75) is 25.4 Å². The van der Waals surface area contributed by atoms with Crippen LogP contribution in [0.25, 0.3) is 0 Å². The van der Waals surface area contributed by atoms with Gasteiger partial charge in [-0.05, 0) is 38.0 Å². The molecule has 1 heterocycles. The van der Waals surface area contributed by atoms with Crippen molar-refractivity contribution in [1.82, 2.24) is 0 Å². The highest BCUT2D eigenvalue weighted by Crippen LogP contribution is 2.27. The van der Waals surface area contributed by atoms with Gasteiger partial charge in [0, 0.05) is 24.5 Å². The summed E-state index contributed by atoms with van der Waals surface area (Å²) in [5.74, 6) is 0. The lowest BCUT2D eigenvalue weighted by Gasteiger charge is -2.37. The third kappa shape index (κ3) is 2.51. The van der Waals surface area contributed by atoms with E-state index in [1.54, 1.807) is 6.07 Å². The zero-order chi connectivity index (χ0) is 12.5. The summed E-state index contributed by atoms with van der Waals surface area (Å²) in [5.41, 5.74) is 7.17. The summed E-state index contributed by atoms with van der Waals surface area (Å²) in [6, 6.07) is 7.60.